The summed E-state index contributed by atoms with van der Waals surface area (Å²) in [5, 5.41) is 0. The summed E-state index contributed by atoms with van der Waals surface area (Å²) in [6, 6.07) is 9.21. The Kier molecular flexibility index (Phi) is 5.21. The second kappa shape index (κ2) is 7.75. The fourth-order valence-corrected chi connectivity index (χ4v) is 4.21. The molecule has 1 aromatic carbocycles. The quantitative estimate of drug-likeness (QED) is 0.767. The second-order valence-corrected chi connectivity index (χ2v) is 7.44. The minimum absolute atomic E-state index is 0.176. The number of rotatable bonds is 3. The van der Waals surface area contributed by atoms with E-state index in [0.29, 0.717) is 0 Å². The number of aryl methyl sites for hydroxylation is 1. The van der Waals surface area contributed by atoms with E-state index in [2.05, 4.69) is 22.8 Å². The van der Waals surface area contributed by atoms with E-state index in [4.69, 9.17) is 4.98 Å². The Morgan fingerprint density at radius 2 is 1.69 bits per heavy atom. The fraction of sp³-hybridized carbons (Fsp3) is 0.500. The Morgan fingerprint density at radius 3 is 2.42 bits per heavy atom. The highest BCUT2D eigenvalue weighted by atomic mass is 19.1. The second-order valence-electron chi connectivity index (χ2n) is 7.44. The largest absolute Gasteiger partial charge is 0.354 e. The van der Waals surface area contributed by atoms with Gasteiger partial charge in [0.25, 0.3) is 0 Å². The molecule has 3 nitrogen and oxygen atoms in total. The van der Waals surface area contributed by atoms with Crippen LogP contribution in [0.5, 0.6) is 0 Å². The van der Waals surface area contributed by atoms with Crippen LogP contribution in [-0.2, 0) is 12.8 Å². The van der Waals surface area contributed by atoms with E-state index >= 15 is 0 Å². The Balaban J connectivity index is 1.73. The summed E-state index contributed by atoms with van der Waals surface area (Å²) in [6.07, 6.45) is 5.85. The molecule has 138 valence electrons. The van der Waals surface area contributed by atoms with Crippen LogP contribution in [0.4, 0.5) is 10.2 Å². The topological polar surface area (TPSA) is 19.4 Å². The van der Waals surface area contributed by atoms with Gasteiger partial charge >= 0.3 is 0 Å². The van der Waals surface area contributed by atoms with Crippen molar-refractivity contribution < 1.29 is 4.39 Å². The third-order valence-corrected chi connectivity index (χ3v) is 5.84. The van der Waals surface area contributed by atoms with Crippen LogP contribution in [0.15, 0.2) is 30.3 Å². The molecule has 1 aromatic heterocycles. The predicted octanol–water partition coefficient (Wildman–Crippen LogP) is 4.30. The molecule has 0 spiro atoms. The minimum Gasteiger partial charge on any atom is -0.354 e. The molecule has 1 saturated heterocycles. The van der Waals surface area contributed by atoms with Gasteiger partial charge in [-0.1, -0.05) is 25.5 Å². The monoisotopic (exact) mass is 353 g/mol. The molecule has 0 radical (unpaired) electrons. The molecular weight excluding hydrogens is 325 g/mol. The van der Waals surface area contributed by atoms with Gasteiger partial charge in [-0.05, 0) is 67.1 Å². The van der Waals surface area contributed by atoms with E-state index < -0.39 is 0 Å². The number of aromatic nitrogens is 1. The predicted molar refractivity (Wildman–Crippen MR) is 105 cm³/mol. The number of hydrogen-bond acceptors (Lipinski definition) is 3. The lowest BCUT2D eigenvalue weighted by atomic mass is 9.95. The van der Waals surface area contributed by atoms with Crippen LogP contribution in [-0.4, -0.2) is 42.6 Å². The molecule has 2 heterocycles. The first-order chi connectivity index (χ1) is 12.7. The van der Waals surface area contributed by atoms with E-state index in [1.165, 1.54) is 36.1 Å². The smallest absolute Gasteiger partial charge is 0.129 e. The van der Waals surface area contributed by atoms with Gasteiger partial charge in [0.2, 0.25) is 0 Å². The van der Waals surface area contributed by atoms with Crippen molar-refractivity contribution in [3.63, 3.8) is 0 Å². The van der Waals surface area contributed by atoms with Crippen LogP contribution >= 0.6 is 0 Å². The van der Waals surface area contributed by atoms with Crippen LogP contribution in [0, 0.1) is 5.82 Å². The summed E-state index contributed by atoms with van der Waals surface area (Å²) in [5.74, 6) is 0.922. The summed E-state index contributed by atoms with van der Waals surface area (Å²) in [5.41, 5.74) is 5.01. The van der Waals surface area contributed by atoms with Gasteiger partial charge in [-0.15, -0.1) is 0 Å². The fourth-order valence-electron chi connectivity index (χ4n) is 4.21. The number of fused-ring (bicyclic) bond motifs is 1. The van der Waals surface area contributed by atoms with Gasteiger partial charge in [0.05, 0.1) is 0 Å². The maximum Gasteiger partial charge on any atom is 0.129 e. The highest BCUT2D eigenvalue weighted by Crippen LogP contribution is 2.33. The van der Waals surface area contributed by atoms with Gasteiger partial charge in [0, 0.05) is 31.9 Å². The SMILES string of the molecule is CCN1CCN(c2cc(-c3ccc(F)cc3)c3c(n2)CCCCC3)CC1. The first kappa shape index (κ1) is 17.5. The molecule has 0 saturated carbocycles. The minimum atomic E-state index is -0.176. The van der Waals surface area contributed by atoms with Crippen LogP contribution < -0.4 is 4.90 Å². The van der Waals surface area contributed by atoms with Gasteiger partial charge in [0.1, 0.15) is 11.6 Å². The Labute approximate surface area is 155 Å². The number of halogens is 1. The standard InChI is InChI=1S/C22H28FN3/c1-2-25-12-14-26(15-13-25)22-16-20(17-8-10-18(23)11-9-17)19-6-4-3-5-7-21(19)24-22/h8-11,16H,2-7,12-15H2,1H3. The maximum absolute atomic E-state index is 13.4. The van der Waals surface area contributed by atoms with E-state index in [1.54, 1.807) is 12.1 Å². The summed E-state index contributed by atoms with van der Waals surface area (Å²) >= 11 is 0. The highest BCUT2D eigenvalue weighted by molar-refractivity contribution is 5.72. The van der Waals surface area contributed by atoms with Gasteiger partial charge in [-0.2, -0.15) is 0 Å². The van der Waals surface area contributed by atoms with Crippen LogP contribution in [0.2, 0.25) is 0 Å². The Bertz CT molecular complexity index is 749. The van der Waals surface area contributed by atoms with Crippen molar-refractivity contribution in [2.75, 3.05) is 37.6 Å². The van der Waals surface area contributed by atoms with Crippen molar-refractivity contribution >= 4 is 5.82 Å². The maximum atomic E-state index is 13.4. The molecule has 1 fully saturated rings. The Hall–Kier alpha value is -1.94. The van der Waals surface area contributed by atoms with Crippen molar-refractivity contribution in [1.29, 1.82) is 0 Å². The molecule has 4 heteroatoms. The number of benzene rings is 1. The summed E-state index contributed by atoms with van der Waals surface area (Å²) in [7, 11) is 0. The molecule has 2 aromatic rings. The average molecular weight is 353 g/mol. The molecule has 0 atom stereocenters. The van der Waals surface area contributed by atoms with Crippen molar-refractivity contribution in [3.05, 3.63) is 47.4 Å². The van der Waals surface area contributed by atoms with Crippen molar-refractivity contribution in [3.8, 4) is 11.1 Å². The number of hydrogen-bond donors (Lipinski definition) is 0. The molecular formula is C22H28FN3. The molecule has 0 N–H and O–H groups in total. The lowest BCUT2D eigenvalue weighted by molar-refractivity contribution is 0.270. The first-order valence-electron chi connectivity index (χ1n) is 10.0. The molecule has 1 aliphatic carbocycles. The number of anilines is 1. The molecule has 1 aliphatic heterocycles. The Morgan fingerprint density at radius 1 is 0.962 bits per heavy atom. The highest BCUT2D eigenvalue weighted by Gasteiger charge is 2.21. The third kappa shape index (κ3) is 3.61. The van der Waals surface area contributed by atoms with E-state index in [1.807, 2.05) is 12.1 Å². The zero-order valence-electron chi connectivity index (χ0n) is 15.7. The number of piperazine rings is 1. The third-order valence-electron chi connectivity index (χ3n) is 5.84. The summed E-state index contributed by atoms with van der Waals surface area (Å²) in [4.78, 5) is 9.99. The normalized spacial score (nSPS) is 18.5. The van der Waals surface area contributed by atoms with Gasteiger partial charge in [-0.3, -0.25) is 0 Å². The lowest BCUT2D eigenvalue weighted by Gasteiger charge is -2.35. The molecule has 2 aliphatic rings. The molecule has 0 bridgehead atoms. The zero-order chi connectivity index (χ0) is 17.9. The van der Waals surface area contributed by atoms with Crippen LogP contribution in [0.1, 0.15) is 37.4 Å². The number of nitrogens with zero attached hydrogens (tertiary/aromatic N) is 3. The van der Waals surface area contributed by atoms with Gasteiger partial charge in [-0.25, -0.2) is 9.37 Å². The zero-order valence-corrected chi connectivity index (χ0v) is 15.7. The first-order valence-corrected chi connectivity index (χ1v) is 10.0. The number of pyridine rings is 1. The van der Waals surface area contributed by atoms with Crippen LogP contribution in [0.3, 0.4) is 0 Å². The number of likely N-dealkylation sites (N-methyl/N-ethyl adjacent to an activating group) is 1. The average Bonchev–Trinajstić information content (AvgIpc) is 2.93. The van der Waals surface area contributed by atoms with E-state index in [-0.39, 0.29) is 5.82 Å². The van der Waals surface area contributed by atoms with E-state index in [0.717, 1.165) is 56.9 Å². The molecule has 4 rings (SSSR count). The molecule has 0 amide bonds. The van der Waals surface area contributed by atoms with Gasteiger partial charge in [0.15, 0.2) is 0 Å². The van der Waals surface area contributed by atoms with Gasteiger partial charge < -0.3 is 9.80 Å². The lowest BCUT2D eigenvalue weighted by Crippen LogP contribution is -2.46. The summed E-state index contributed by atoms with van der Waals surface area (Å²) < 4.78 is 13.4. The summed E-state index contributed by atoms with van der Waals surface area (Å²) in [6.45, 7) is 7.60. The molecule has 26 heavy (non-hydrogen) atoms. The van der Waals surface area contributed by atoms with Crippen molar-refractivity contribution in [1.82, 2.24) is 9.88 Å². The molecule has 0 unspecified atom stereocenters. The van der Waals surface area contributed by atoms with Crippen molar-refractivity contribution in [2.45, 2.75) is 39.0 Å². The van der Waals surface area contributed by atoms with Crippen molar-refractivity contribution in [2.24, 2.45) is 0 Å². The van der Waals surface area contributed by atoms with Crippen LogP contribution in [0.25, 0.3) is 11.1 Å². The van der Waals surface area contributed by atoms with E-state index in [9.17, 15) is 4.39 Å².